The average Bonchev–Trinajstić information content (AvgIpc) is 2.64. The number of aryl methyl sites for hydroxylation is 1. The highest BCUT2D eigenvalue weighted by Gasteiger charge is 2.34. The van der Waals surface area contributed by atoms with Crippen molar-refractivity contribution in [2.24, 2.45) is 5.92 Å². The van der Waals surface area contributed by atoms with E-state index in [0.29, 0.717) is 13.0 Å². The molecule has 5 heteroatoms. The second-order valence-corrected chi connectivity index (χ2v) is 6.66. The van der Waals surface area contributed by atoms with Gasteiger partial charge in [-0.3, -0.25) is 14.6 Å². The summed E-state index contributed by atoms with van der Waals surface area (Å²) in [5, 5.41) is 9.47. The summed E-state index contributed by atoms with van der Waals surface area (Å²) < 4.78 is 0. The Morgan fingerprint density at radius 2 is 1.92 bits per heavy atom. The second kappa shape index (κ2) is 7.47. The highest BCUT2D eigenvalue weighted by Crippen LogP contribution is 2.30. The number of hydrogen-bond acceptors (Lipinski definition) is 3. The molecule has 2 heterocycles. The maximum absolute atomic E-state index is 12.7. The van der Waals surface area contributed by atoms with Crippen LogP contribution in [-0.4, -0.2) is 40.0 Å². The van der Waals surface area contributed by atoms with Crippen LogP contribution in [0.25, 0.3) is 0 Å². The predicted molar refractivity (Wildman–Crippen MR) is 94.2 cm³/mol. The van der Waals surface area contributed by atoms with Gasteiger partial charge in [0.25, 0.3) is 0 Å². The van der Waals surface area contributed by atoms with E-state index in [2.05, 4.69) is 4.98 Å². The fraction of sp³-hybridized carbons (Fsp3) is 0.350. The van der Waals surface area contributed by atoms with Crippen molar-refractivity contribution < 1.29 is 14.7 Å². The quantitative estimate of drug-likeness (QED) is 0.930. The molecule has 2 aromatic rings. The van der Waals surface area contributed by atoms with Gasteiger partial charge in [0.15, 0.2) is 0 Å². The molecule has 1 saturated heterocycles. The van der Waals surface area contributed by atoms with Gasteiger partial charge in [0.2, 0.25) is 5.91 Å². The number of rotatable bonds is 4. The number of benzene rings is 1. The summed E-state index contributed by atoms with van der Waals surface area (Å²) in [5.74, 6) is -1.36. The predicted octanol–water partition coefficient (Wildman–Crippen LogP) is 2.65. The van der Waals surface area contributed by atoms with Crippen LogP contribution in [0.1, 0.15) is 29.2 Å². The van der Waals surface area contributed by atoms with Gasteiger partial charge in [0.05, 0.1) is 12.3 Å². The molecular formula is C20H22N2O3. The van der Waals surface area contributed by atoms with Gasteiger partial charge < -0.3 is 10.0 Å². The number of aliphatic carboxylic acids is 1. The smallest absolute Gasteiger partial charge is 0.308 e. The molecule has 1 fully saturated rings. The molecule has 0 spiro atoms. The van der Waals surface area contributed by atoms with Crippen LogP contribution in [0, 0.1) is 12.8 Å². The van der Waals surface area contributed by atoms with Crippen LogP contribution in [0.2, 0.25) is 0 Å². The topological polar surface area (TPSA) is 70.5 Å². The molecule has 0 saturated carbocycles. The van der Waals surface area contributed by atoms with E-state index in [1.54, 1.807) is 11.1 Å². The molecule has 1 aliphatic heterocycles. The fourth-order valence-corrected chi connectivity index (χ4v) is 3.34. The Balaban J connectivity index is 1.75. The van der Waals surface area contributed by atoms with Crippen LogP contribution < -0.4 is 0 Å². The van der Waals surface area contributed by atoms with Crippen LogP contribution >= 0.6 is 0 Å². The first-order valence-electron chi connectivity index (χ1n) is 8.50. The minimum atomic E-state index is -0.838. The summed E-state index contributed by atoms with van der Waals surface area (Å²) in [4.78, 5) is 30.2. The lowest BCUT2D eigenvalue weighted by molar-refractivity contribution is -0.146. The van der Waals surface area contributed by atoms with Crippen LogP contribution in [0.3, 0.4) is 0 Å². The number of amides is 1. The Bertz CT molecular complexity index is 743. The molecule has 130 valence electrons. The standard InChI is InChI=1S/C20H22N2O3/c1-14-7-8-15(11-21-14)9-19(23)22-12-17(10-18(13-22)20(24)25)16-5-3-2-4-6-16/h2-8,11,17-18H,9-10,12-13H2,1H3,(H,24,25)/t17-,18-/m1/s1. The zero-order chi connectivity index (χ0) is 17.8. The zero-order valence-corrected chi connectivity index (χ0v) is 14.3. The third kappa shape index (κ3) is 4.24. The number of nitrogens with zero attached hydrogens (tertiary/aromatic N) is 2. The number of carbonyl (C=O) groups is 2. The SMILES string of the molecule is Cc1ccc(CC(=O)N2C[C@H](C(=O)O)C[C@@H](c3ccccc3)C2)cn1. The van der Waals surface area contributed by atoms with E-state index < -0.39 is 11.9 Å². The van der Waals surface area contributed by atoms with Gasteiger partial charge in [-0.05, 0) is 30.5 Å². The lowest BCUT2D eigenvalue weighted by Gasteiger charge is -2.36. The van der Waals surface area contributed by atoms with Crippen molar-refractivity contribution in [1.29, 1.82) is 0 Å². The molecule has 0 radical (unpaired) electrons. The largest absolute Gasteiger partial charge is 0.481 e. The number of carbonyl (C=O) groups excluding carboxylic acids is 1. The van der Waals surface area contributed by atoms with E-state index >= 15 is 0 Å². The van der Waals surface area contributed by atoms with Gasteiger partial charge in [-0.2, -0.15) is 0 Å². The van der Waals surface area contributed by atoms with E-state index in [1.807, 2.05) is 49.4 Å². The van der Waals surface area contributed by atoms with Crippen LogP contribution in [-0.2, 0) is 16.0 Å². The van der Waals surface area contributed by atoms with Gasteiger partial charge in [-0.25, -0.2) is 0 Å². The zero-order valence-electron chi connectivity index (χ0n) is 14.3. The molecule has 25 heavy (non-hydrogen) atoms. The first-order chi connectivity index (χ1) is 12.0. The Morgan fingerprint density at radius 1 is 1.16 bits per heavy atom. The van der Waals surface area contributed by atoms with Crippen LogP contribution in [0.15, 0.2) is 48.7 Å². The van der Waals surface area contributed by atoms with Gasteiger partial charge in [0, 0.05) is 30.9 Å². The summed E-state index contributed by atoms with van der Waals surface area (Å²) in [6.45, 7) is 2.74. The highest BCUT2D eigenvalue weighted by atomic mass is 16.4. The molecule has 5 nitrogen and oxygen atoms in total. The van der Waals surface area contributed by atoms with Crippen molar-refractivity contribution in [3.63, 3.8) is 0 Å². The van der Waals surface area contributed by atoms with Crippen LogP contribution in [0.4, 0.5) is 0 Å². The number of carboxylic acids is 1. The van der Waals surface area contributed by atoms with Gasteiger partial charge in [-0.1, -0.05) is 36.4 Å². The first-order valence-corrected chi connectivity index (χ1v) is 8.50. The lowest BCUT2D eigenvalue weighted by Crippen LogP contribution is -2.46. The maximum Gasteiger partial charge on any atom is 0.308 e. The number of piperidine rings is 1. The lowest BCUT2D eigenvalue weighted by atomic mass is 9.84. The monoisotopic (exact) mass is 338 g/mol. The second-order valence-electron chi connectivity index (χ2n) is 6.66. The summed E-state index contributed by atoms with van der Waals surface area (Å²) in [6, 6.07) is 13.6. The Hall–Kier alpha value is -2.69. The Labute approximate surface area is 147 Å². The van der Waals surface area contributed by atoms with E-state index in [1.165, 1.54) is 0 Å². The average molecular weight is 338 g/mol. The van der Waals surface area contributed by atoms with Crippen molar-refractivity contribution in [1.82, 2.24) is 9.88 Å². The third-order valence-corrected chi connectivity index (χ3v) is 4.75. The van der Waals surface area contributed by atoms with Crippen molar-refractivity contribution in [2.75, 3.05) is 13.1 Å². The minimum Gasteiger partial charge on any atom is -0.481 e. The fourth-order valence-electron chi connectivity index (χ4n) is 3.34. The Kier molecular flexibility index (Phi) is 5.12. The molecule has 1 N–H and O–H groups in total. The summed E-state index contributed by atoms with van der Waals surface area (Å²) >= 11 is 0. The minimum absolute atomic E-state index is 0.0439. The van der Waals surface area contributed by atoms with Crippen LogP contribution in [0.5, 0.6) is 0 Å². The summed E-state index contributed by atoms with van der Waals surface area (Å²) in [5.41, 5.74) is 2.84. The van der Waals surface area contributed by atoms with Crippen molar-refractivity contribution >= 4 is 11.9 Å². The number of likely N-dealkylation sites (tertiary alicyclic amines) is 1. The van der Waals surface area contributed by atoms with Crippen molar-refractivity contribution in [3.05, 3.63) is 65.5 Å². The highest BCUT2D eigenvalue weighted by molar-refractivity contribution is 5.80. The van der Waals surface area contributed by atoms with E-state index in [9.17, 15) is 14.7 Å². The molecule has 1 aromatic carbocycles. The van der Waals surface area contributed by atoms with E-state index in [4.69, 9.17) is 0 Å². The van der Waals surface area contributed by atoms with Gasteiger partial charge in [-0.15, -0.1) is 0 Å². The van der Waals surface area contributed by atoms with Crippen molar-refractivity contribution in [3.8, 4) is 0 Å². The van der Waals surface area contributed by atoms with Gasteiger partial charge >= 0.3 is 5.97 Å². The Morgan fingerprint density at radius 3 is 2.56 bits per heavy atom. The third-order valence-electron chi connectivity index (χ3n) is 4.75. The normalized spacial score (nSPS) is 20.3. The number of pyridine rings is 1. The molecule has 0 aliphatic carbocycles. The summed E-state index contributed by atoms with van der Waals surface area (Å²) in [7, 11) is 0. The van der Waals surface area contributed by atoms with Crippen molar-refractivity contribution in [2.45, 2.75) is 25.7 Å². The van der Waals surface area contributed by atoms with Gasteiger partial charge in [0.1, 0.15) is 0 Å². The molecule has 0 bridgehead atoms. The maximum atomic E-state index is 12.7. The molecule has 0 unspecified atom stereocenters. The van der Waals surface area contributed by atoms with E-state index in [-0.39, 0.29) is 24.8 Å². The number of carboxylic acid groups (broad SMARTS) is 1. The number of hydrogen-bond donors (Lipinski definition) is 1. The molecule has 2 atom stereocenters. The molecule has 1 aliphatic rings. The molecule has 3 rings (SSSR count). The summed E-state index contributed by atoms with van der Waals surface area (Å²) in [6.07, 6.45) is 2.52. The molecular weight excluding hydrogens is 316 g/mol. The van der Waals surface area contributed by atoms with E-state index in [0.717, 1.165) is 16.8 Å². The first kappa shape index (κ1) is 17.1. The number of aromatic nitrogens is 1. The molecule has 1 amide bonds. The molecule has 1 aromatic heterocycles.